The van der Waals surface area contributed by atoms with Crippen LogP contribution in [0.1, 0.15) is 12.8 Å². The van der Waals surface area contributed by atoms with Crippen LogP contribution in [0.15, 0.2) is 16.6 Å². The number of aliphatic carboxylic acids is 1. The number of hydrogen-bond acceptors (Lipinski definition) is 2. The lowest BCUT2D eigenvalue weighted by Crippen LogP contribution is -2.44. The lowest BCUT2D eigenvalue weighted by atomic mass is 9.99. The summed E-state index contributed by atoms with van der Waals surface area (Å²) >= 11 is 9.03. The van der Waals surface area contributed by atoms with Gasteiger partial charge in [0, 0.05) is 17.6 Å². The fraction of sp³-hybridized carbons (Fsp3) is 0.385. The molecule has 1 fully saturated rings. The first-order valence-electron chi connectivity index (χ1n) is 6.31. The molecule has 0 radical (unpaired) electrons. The van der Waals surface area contributed by atoms with Crippen molar-refractivity contribution in [3.63, 3.8) is 0 Å². The molecule has 5 nitrogen and oxygen atoms in total. The summed E-state index contributed by atoms with van der Waals surface area (Å²) in [5.41, 5.74) is 0.264. The molecule has 0 unspecified atom stereocenters. The van der Waals surface area contributed by atoms with Gasteiger partial charge in [-0.3, -0.25) is 4.79 Å². The smallest absolute Gasteiger partial charge is 0.321 e. The van der Waals surface area contributed by atoms with E-state index in [9.17, 15) is 14.0 Å². The number of nitrogens with one attached hydrogen (secondary N) is 1. The van der Waals surface area contributed by atoms with Gasteiger partial charge in [-0.05, 0) is 40.9 Å². The van der Waals surface area contributed by atoms with Crippen molar-refractivity contribution in [2.24, 2.45) is 5.92 Å². The van der Waals surface area contributed by atoms with Crippen molar-refractivity contribution in [2.45, 2.75) is 12.8 Å². The van der Waals surface area contributed by atoms with Gasteiger partial charge >= 0.3 is 12.0 Å². The van der Waals surface area contributed by atoms with Gasteiger partial charge in [-0.15, -0.1) is 0 Å². The quantitative estimate of drug-likeness (QED) is 0.825. The van der Waals surface area contributed by atoms with Crippen LogP contribution in [0.2, 0.25) is 5.02 Å². The second kappa shape index (κ2) is 6.62. The summed E-state index contributed by atoms with van der Waals surface area (Å²) in [4.78, 5) is 24.6. The molecule has 0 saturated carbocycles. The predicted octanol–water partition coefficient (Wildman–Crippen LogP) is 3.57. The van der Waals surface area contributed by atoms with E-state index < -0.39 is 23.7 Å². The molecule has 0 aliphatic carbocycles. The molecule has 0 bridgehead atoms. The van der Waals surface area contributed by atoms with Gasteiger partial charge in [-0.25, -0.2) is 9.18 Å². The lowest BCUT2D eigenvalue weighted by Gasteiger charge is -2.30. The molecule has 114 valence electrons. The van der Waals surface area contributed by atoms with E-state index in [2.05, 4.69) is 21.2 Å². The lowest BCUT2D eigenvalue weighted by molar-refractivity contribution is -0.143. The summed E-state index contributed by atoms with van der Waals surface area (Å²) in [6.07, 6.45) is 1.18. The van der Waals surface area contributed by atoms with Crippen molar-refractivity contribution in [3.8, 4) is 0 Å². The van der Waals surface area contributed by atoms with E-state index in [-0.39, 0.29) is 17.3 Å². The fourth-order valence-electron chi connectivity index (χ4n) is 2.21. The fourth-order valence-corrected chi connectivity index (χ4v) is 3.11. The van der Waals surface area contributed by atoms with Crippen molar-refractivity contribution >= 4 is 45.2 Å². The summed E-state index contributed by atoms with van der Waals surface area (Å²) in [7, 11) is 0. The van der Waals surface area contributed by atoms with Gasteiger partial charge in [0.1, 0.15) is 5.82 Å². The summed E-state index contributed by atoms with van der Waals surface area (Å²) in [6, 6.07) is 1.84. The largest absolute Gasteiger partial charge is 0.481 e. The van der Waals surface area contributed by atoms with E-state index in [1.54, 1.807) is 0 Å². The highest BCUT2D eigenvalue weighted by Gasteiger charge is 2.28. The number of nitrogens with zero attached hydrogens (tertiary/aromatic N) is 1. The Hall–Kier alpha value is -1.34. The van der Waals surface area contributed by atoms with Gasteiger partial charge < -0.3 is 15.3 Å². The molecule has 21 heavy (non-hydrogen) atoms. The molecule has 8 heteroatoms. The van der Waals surface area contributed by atoms with Crippen molar-refractivity contribution in [3.05, 3.63) is 27.4 Å². The molecule has 1 heterocycles. The Morgan fingerprint density at radius 2 is 2.19 bits per heavy atom. The second-order valence-electron chi connectivity index (χ2n) is 4.80. The number of anilines is 1. The van der Waals surface area contributed by atoms with Crippen LogP contribution in [0.3, 0.4) is 0 Å². The molecular formula is C13H13BrClFN2O3. The second-order valence-corrected chi connectivity index (χ2v) is 6.06. The summed E-state index contributed by atoms with van der Waals surface area (Å²) < 4.78 is 13.5. The number of rotatable bonds is 2. The van der Waals surface area contributed by atoms with Gasteiger partial charge in [0.05, 0.1) is 16.6 Å². The monoisotopic (exact) mass is 378 g/mol. The number of likely N-dealkylation sites (tertiary alicyclic amines) is 1. The highest BCUT2D eigenvalue weighted by molar-refractivity contribution is 9.10. The number of urea groups is 1. The van der Waals surface area contributed by atoms with Crippen molar-refractivity contribution in [2.75, 3.05) is 18.4 Å². The van der Waals surface area contributed by atoms with E-state index in [1.807, 2.05) is 0 Å². The third-order valence-electron chi connectivity index (χ3n) is 3.30. The molecular weight excluding hydrogens is 367 g/mol. The van der Waals surface area contributed by atoms with Crippen molar-refractivity contribution < 1.29 is 19.1 Å². The number of carbonyl (C=O) groups is 2. The van der Waals surface area contributed by atoms with E-state index in [0.717, 1.165) is 6.07 Å². The number of carbonyl (C=O) groups excluding carboxylic acids is 1. The molecule has 0 spiro atoms. The summed E-state index contributed by atoms with van der Waals surface area (Å²) in [5.74, 6) is -1.99. The van der Waals surface area contributed by atoms with Crippen molar-refractivity contribution in [1.82, 2.24) is 4.90 Å². The first-order valence-corrected chi connectivity index (χ1v) is 7.49. The maximum absolute atomic E-state index is 13.1. The standard InChI is InChI=1S/C13H13BrClFN2O3/c14-9-4-8(16)5-10(15)11(9)17-13(21)18-3-1-2-7(6-18)12(19)20/h4-5,7H,1-3,6H2,(H,17,21)(H,19,20)/t7-/m1/s1. The SMILES string of the molecule is O=C(O)[C@@H]1CCCN(C(=O)Nc2c(Cl)cc(F)cc2Br)C1. The van der Waals surface area contributed by atoms with E-state index in [4.69, 9.17) is 16.7 Å². The predicted molar refractivity (Wildman–Crippen MR) is 80.1 cm³/mol. The molecule has 2 rings (SSSR count). The normalized spacial score (nSPS) is 18.4. The Labute approximate surface area is 134 Å². The van der Waals surface area contributed by atoms with Gasteiger partial charge in [0.2, 0.25) is 0 Å². The zero-order chi connectivity index (χ0) is 15.6. The molecule has 1 aromatic carbocycles. The van der Waals surface area contributed by atoms with Crippen LogP contribution >= 0.6 is 27.5 Å². The molecule has 1 aliphatic rings. The van der Waals surface area contributed by atoms with Crippen LogP contribution < -0.4 is 5.32 Å². The molecule has 0 aromatic heterocycles. The Kier molecular flexibility index (Phi) is 5.05. The van der Waals surface area contributed by atoms with Crippen LogP contribution in [0.25, 0.3) is 0 Å². The topological polar surface area (TPSA) is 69.6 Å². The molecule has 1 aliphatic heterocycles. The number of piperidine rings is 1. The van der Waals surface area contributed by atoms with Crippen LogP contribution in [-0.2, 0) is 4.79 Å². The van der Waals surface area contributed by atoms with E-state index >= 15 is 0 Å². The number of amides is 2. The maximum atomic E-state index is 13.1. The van der Waals surface area contributed by atoms with E-state index in [0.29, 0.717) is 23.9 Å². The first kappa shape index (κ1) is 16.0. The zero-order valence-corrected chi connectivity index (χ0v) is 13.2. The van der Waals surface area contributed by atoms with Gasteiger partial charge in [-0.2, -0.15) is 0 Å². The molecule has 1 atom stereocenters. The first-order chi connectivity index (χ1) is 9.88. The highest BCUT2D eigenvalue weighted by atomic mass is 79.9. The molecule has 1 saturated heterocycles. The zero-order valence-electron chi connectivity index (χ0n) is 10.9. The average Bonchev–Trinajstić information content (AvgIpc) is 2.42. The maximum Gasteiger partial charge on any atom is 0.321 e. The van der Waals surface area contributed by atoms with Crippen molar-refractivity contribution in [1.29, 1.82) is 0 Å². The molecule has 2 N–H and O–H groups in total. The Bertz CT molecular complexity index is 562. The minimum Gasteiger partial charge on any atom is -0.481 e. The Morgan fingerprint density at radius 1 is 1.48 bits per heavy atom. The van der Waals surface area contributed by atoms with Crippen LogP contribution in [0, 0.1) is 11.7 Å². The van der Waals surface area contributed by atoms with E-state index in [1.165, 1.54) is 11.0 Å². The number of carboxylic acids is 1. The number of hydrogen-bond donors (Lipinski definition) is 2. The molecule has 1 aromatic rings. The minimum atomic E-state index is -0.909. The molecule has 2 amide bonds. The number of benzene rings is 1. The summed E-state index contributed by atoms with van der Waals surface area (Å²) in [5, 5.41) is 11.7. The Balaban J connectivity index is 2.10. The van der Waals surface area contributed by atoms with Gasteiger partial charge in [0.15, 0.2) is 0 Å². The number of carboxylic acid groups (broad SMARTS) is 1. The third-order valence-corrected chi connectivity index (χ3v) is 4.22. The van der Waals surface area contributed by atoms with Crippen LogP contribution in [0.5, 0.6) is 0 Å². The van der Waals surface area contributed by atoms with Crippen LogP contribution in [-0.4, -0.2) is 35.1 Å². The Morgan fingerprint density at radius 3 is 2.81 bits per heavy atom. The minimum absolute atomic E-state index is 0.0713. The van der Waals surface area contributed by atoms with Gasteiger partial charge in [0.25, 0.3) is 0 Å². The third kappa shape index (κ3) is 3.85. The highest BCUT2D eigenvalue weighted by Crippen LogP contribution is 2.32. The van der Waals surface area contributed by atoms with Gasteiger partial charge in [-0.1, -0.05) is 11.6 Å². The summed E-state index contributed by atoms with van der Waals surface area (Å²) in [6.45, 7) is 0.629. The van der Waals surface area contributed by atoms with Crippen LogP contribution in [0.4, 0.5) is 14.9 Å². The number of halogens is 3. The average molecular weight is 380 g/mol.